The first kappa shape index (κ1) is 16.7. The smallest absolute Gasteiger partial charge is 0.769 e. The number of hydrogen-bond donors (Lipinski definition) is 0. The van der Waals surface area contributed by atoms with Crippen molar-refractivity contribution in [2.45, 2.75) is 45.4 Å². The van der Waals surface area contributed by atoms with E-state index in [-0.39, 0.29) is 35.3 Å². The van der Waals surface area contributed by atoms with Crippen LogP contribution in [0, 0.1) is 0 Å². The molecule has 74 valence electrons. The van der Waals surface area contributed by atoms with Crippen LogP contribution in [-0.4, -0.2) is 14.5 Å². The first-order valence-electron chi connectivity index (χ1n) is 4.50. The summed E-state index contributed by atoms with van der Waals surface area (Å²) in [5.74, 6) is 0.175. The third-order valence-corrected chi connectivity index (χ3v) is 3.04. The van der Waals surface area contributed by atoms with Crippen LogP contribution >= 0.6 is 0 Å². The van der Waals surface area contributed by atoms with Crippen molar-refractivity contribution in [1.29, 1.82) is 0 Å². The summed E-state index contributed by atoms with van der Waals surface area (Å²) in [5, 5.41) is 0. The molecule has 2 nitrogen and oxygen atoms in total. The van der Waals surface area contributed by atoms with E-state index in [1.165, 1.54) is 19.3 Å². The summed E-state index contributed by atoms with van der Waals surface area (Å²) >= 11 is 4.26. The predicted octanol–water partition coefficient (Wildman–Crippen LogP) is -0.772. The molecule has 0 aromatic heterocycles. The number of rotatable bonds is 7. The van der Waals surface area contributed by atoms with E-state index < -0.39 is 8.77 Å². The van der Waals surface area contributed by atoms with Gasteiger partial charge in [-0.25, -0.2) is 0 Å². The molecule has 0 aromatic carbocycles. The molecule has 0 aliphatic heterocycles. The zero-order valence-electron chi connectivity index (χ0n) is 8.58. The van der Waals surface area contributed by atoms with Gasteiger partial charge in [0.15, 0.2) is 0 Å². The largest absolute Gasteiger partial charge is 1.00 e. The Labute approximate surface area is 109 Å². The molecule has 0 saturated carbocycles. The van der Waals surface area contributed by atoms with Crippen molar-refractivity contribution in [1.82, 2.24) is 0 Å². The summed E-state index contributed by atoms with van der Waals surface area (Å²) in [6.07, 6.45) is 6.55. The second-order valence-corrected chi connectivity index (χ2v) is 6.08. The molecule has 0 aromatic rings. The summed E-state index contributed by atoms with van der Waals surface area (Å²) in [6, 6.07) is 0. The zero-order chi connectivity index (χ0) is 9.45. The molecule has 0 heterocycles. The summed E-state index contributed by atoms with van der Waals surface area (Å²) in [6.45, 7) is 2.16. The molecule has 5 heteroatoms. The molecule has 0 aliphatic carbocycles. The molecule has 0 bridgehead atoms. The van der Waals surface area contributed by atoms with Crippen LogP contribution < -0.4 is 29.6 Å². The van der Waals surface area contributed by atoms with E-state index in [1.54, 1.807) is 0 Å². The molecular weight excluding hydrogens is 215 g/mol. The zero-order valence-corrected chi connectivity index (χ0v) is 12.2. The van der Waals surface area contributed by atoms with Crippen LogP contribution in [0.2, 0.25) is 0 Å². The second-order valence-electron chi connectivity index (χ2n) is 3.03. The second kappa shape index (κ2) is 9.87. The van der Waals surface area contributed by atoms with Crippen molar-refractivity contribution < 1.29 is 38.3 Å². The van der Waals surface area contributed by atoms with E-state index in [0.717, 1.165) is 19.3 Å². The molecule has 13 heavy (non-hydrogen) atoms. The standard InChI is InChI=1S/C8H18O2S2.Na/c1-2-3-4-5-6-7-8-12(9,10)11;/h2-8H2,1H3,(H,9,10,11);/q;+1/p-1. The van der Waals surface area contributed by atoms with Gasteiger partial charge in [0.25, 0.3) is 0 Å². The van der Waals surface area contributed by atoms with Gasteiger partial charge in [0.2, 0.25) is 0 Å². The summed E-state index contributed by atoms with van der Waals surface area (Å²) in [5.41, 5.74) is 0. The van der Waals surface area contributed by atoms with Gasteiger partial charge in [0.1, 0.15) is 0 Å². The van der Waals surface area contributed by atoms with Gasteiger partial charge in [-0.1, -0.05) is 39.0 Å². The van der Waals surface area contributed by atoms with Crippen LogP contribution in [0.4, 0.5) is 0 Å². The van der Waals surface area contributed by atoms with Crippen LogP contribution in [0.25, 0.3) is 0 Å². The van der Waals surface area contributed by atoms with E-state index in [0.29, 0.717) is 0 Å². The Bertz CT molecular complexity index is 190. The molecule has 0 amide bonds. The van der Waals surface area contributed by atoms with Gasteiger partial charge in [-0.2, -0.15) is 0 Å². The first-order valence-corrected chi connectivity index (χ1v) is 7.07. The minimum atomic E-state index is -3.13. The minimum absolute atomic E-state index is 0. The third kappa shape index (κ3) is 16.0. The van der Waals surface area contributed by atoms with Gasteiger partial charge in [-0.15, -0.1) is 0 Å². The molecule has 0 N–H and O–H groups in total. The van der Waals surface area contributed by atoms with E-state index in [9.17, 15) is 8.76 Å². The maximum Gasteiger partial charge on any atom is 1.00 e. The van der Waals surface area contributed by atoms with Gasteiger partial charge in [0.05, 0.1) is 0 Å². The topological polar surface area (TPSA) is 40.1 Å². The third-order valence-electron chi connectivity index (χ3n) is 1.75. The van der Waals surface area contributed by atoms with Crippen molar-refractivity contribution in [2.24, 2.45) is 0 Å². The van der Waals surface area contributed by atoms with E-state index in [4.69, 9.17) is 0 Å². The number of unbranched alkanes of at least 4 members (excludes halogenated alkanes) is 5. The Hall–Kier alpha value is 1.33. The summed E-state index contributed by atoms with van der Waals surface area (Å²) in [7, 11) is -3.13. The molecule has 0 radical (unpaired) electrons. The fourth-order valence-corrected chi connectivity index (χ4v) is 1.97. The van der Waals surface area contributed by atoms with Crippen LogP contribution in [0.1, 0.15) is 45.4 Å². The predicted molar refractivity (Wildman–Crippen MR) is 54.5 cm³/mol. The molecule has 0 saturated heterocycles. The minimum Gasteiger partial charge on any atom is -0.769 e. The van der Waals surface area contributed by atoms with E-state index in [2.05, 4.69) is 18.1 Å². The molecule has 0 spiro atoms. The van der Waals surface area contributed by atoms with Gasteiger partial charge >= 0.3 is 29.6 Å². The average molecular weight is 232 g/mol. The molecule has 0 fully saturated rings. The summed E-state index contributed by atoms with van der Waals surface area (Å²) < 4.78 is 21.1. The molecule has 1 unspecified atom stereocenters. The van der Waals surface area contributed by atoms with Gasteiger partial charge in [-0.05, 0) is 26.4 Å². The Balaban J connectivity index is 0. The van der Waals surface area contributed by atoms with E-state index in [1.807, 2.05) is 0 Å². The number of hydrogen-bond acceptors (Lipinski definition) is 3. The fraction of sp³-hybridized carbons (Fsp3) is 1.00. The Morgan fingerprint density at radius 1 is 1.15 bits per heavy atom. The molecule has 0 rings (SSSR count). The summed E-state index contributed by atoms with van der Waals surface area (Å²) in [4.78, 5) is 0. The fourth-order valence-electron chi connectivity index (χ4n) is 1.06. The van der Waals surface area contributed by atoms with Crippen LogP contribution in [0.15, 0.2) is 0 Å². The average Bonchev–Trinajstić information content (AvgIpc) is 1.94. The van der Waals surface area contributed by atoms with Gasteiger partial charge < -0.3 is 4.55 Å². The van der Waals surface area contributed by atoms with Crippen LogP contribution in [0.5, 0.6) is 0 Å². The monoisotopic (exact) mass is 232 g/mol. The molecule has 1 atom stereocenters. The Morgan fingerprint density at radius 2 is 1.62 bits per heavy atom. The maximum absolute atomic E-state index is 10.5. The SMILES string of the molecule is CCCCCCCCS(=O)([O-])=S.[Na+]. The van der Waals surface area contributed by atoms with Gasteiger partial charge in [0, 0.05) is 5.75 Å². The van der Waals surface area contributed by atoms with Crippen molar-refractivity contribution in [3.63, 3.8) is 0 Å². The van der Waals surface area contributed by atoms with Crippen molar-refractivity contribution in [3.05, 3.63) is 0 Å². The van der Waals surface area contributed by atoms with Crippen molar-refractivity contribution >= 4 is 20.0 Å². The quantitative estimate of drug-likeness (QED) is 0.427. The van der Waals surface area contributed by atoms with Crippen LogP contribution in [0.3, 0.4) is 0 Å². The Kier molecular flexibility index (Phi) is 12.7. The molecular formula is C8H17NaO2S2. The van der Waals surface area contributed by atoms with Crippen LogP contribution in [-0.2, 0) is 20.0 Å². The van der Waals surface area contributed by atoms with E-state index >= 15 is 0 Å². The van der Waals surface area contributed by atoms with Crippen molar-refractivity contribution in [2.75, 3.05) is 5.75 Å². The maximum atomic E-state index is 10.5. The van der Waals surface area contributed by atoms with Gasteiger partial charge in [-0.3, -0.25) is 4.21 Å². The van der Waals surface area contributed by atoms with Crippen molar-refractivity contribution in [3.8, 4) is 0 Å². The first-order chi connectivity index (χ1) is 5.56. The normalized spacial score (nSPS) is 14.6. The Morgan fingerprint density at radius 3 is 2.08 bits per heavy atom. The molecule has 0 aliphatic rings.